The molecule has 0 aliphatic rings. The maximum absolute atomic E-state index is 13.1. The van der Waals surface area contributed by atoms with Crippen molar-refractivity contribution in [3.63, 3.8) is 0 Å². The van der Waals surface area contributed by atoms with E-state index in [-0.39, 0.29) is 5.91 Å². The number of rotatable bonds is 7. The van der Waals surface area contributed by atoms with Crippen molar-refractivity contribution in [2.75, 3.05) is 6.54 Å². The summed E-state index contributed by atoms with van der Waals surface area (Å²) in [5, 5.41) is 14.7. The average molecular weight is 447 g/mol. The van der Waals surface area contributed by atoms with Crippen molar-refractivity contribution in [3.8, 4) is 11.3 Å². The largest absolute Gasteiger partial charge is 0.351 e. The van der Waals surface area contributed by atoms with Crippen LogP contribution in [-0.2, 0) is 20.0 Å². The Morgan fingerprint density at radius 3 is 2.34 bits per heavy atom. The van der Waals surface area contributed by atoms with Gasteiger partial charge in [0, 0.05) is 31.8 Å². The number of carbonyl (C=O) groups is 1. The Balaban J connectivity index is 1.56. The van der Waals surface area contributed by atoms with E-state index in [1.165, 1.54) is 5.56 Å². The van der Waals surface area contributed by atoms with E-state index in [9.17, 15) is 4.79 Å². The number of aromatic amines is 1. The summed E-state index contributed by atoms with van der Waals surface area (Å²) in [5.41, 5.74) is 5.64. The lowest BCUT2D eigenvalue weighted by Gasteiger charge is -2.06. The first-order chi connectivity index (χ1) is 15.4. The highest BCUT2D eigenvalue weighted by molar-refractivity contribution is 7.71. The number of hydrogen-bond acceptors (Lipinski definition) is 4. The Labute approximate surface area is 192 Å². The second kappa shape index (κ2) is 9.32. The fraction of sp³-hybridized carbons (Fsp3) is 0.250. The van der Waals surface area contributed by atoms with E-state index in [0.717, 1.165) is 22.5 Å². The van der Waals surface area contributed by atoms with E-state index < -0.39 is 0 Å². The van der Waals surface area contributed by atoms with Gasteiger partial charge in [0.2, 0.25) is 0 Å². The van der Waals surface area contributed by atoms with Crippen molar-refractivity contribution in [1.29, 1.82) is 0 Å². The number of benzene rings is 2. The van der Waals surface area contributed by atoms with Gasteiger partial charge in [-0.25, -0.2) is 0 Å². The second-order valence-electron chi connectivity index (χ2n) is 7.95. The normalized spacial score (nSPS) is 11.0. The lowest BCUT2D eigenvalue weighted by atomic mass is 10.1. The van der Waals surface area contributed by atoms with Gasteiger partial charge in [-0.15, -0.1) is 0 Å². The van der Waals surface area contributed by atoms with Gasteiger partial charge in [0.1, 0.15) is 11.5 Å². The van der Waals surface area contributed by atoms with Crippen LogP contribution in [0.15, 0.2) is 54.7 Å². The van der Waals surface area contributed by atoms with E-state index in [4.69, 9.17) is 17.3 Å². The number of nitrogens with zero attached hydrogens (tertiary/aromatic N) is 4. The molecule has 0 radical (unpaired) electrons. The van der Waals surface area contributed by atoms with Crippen LogP contribution in [-0.4, -0.2) is 37.0 Å². The number of carbonyl (C=O) groups excluding carboxylic acids is 1. The minimum absolute atomic E-state index is 0.160. The van der Waals surface area contributed by atoms with Crippen LogP contribution in [0.1, 0.15) is 32.9 Å². The third kappa shape index (κ3) is 4.86. The van der Waals surface area contributed by atoms with Crippen molar-refractivity contribution in [2.24, 2.45) is 7.05 Å². The van der Waals surface area contributed by atoms with Gasteiger partial charge in [0.15, 0.2) is 4.77 Å². The van der Waals surface area contributed by atoms with Gasteiger partial charge in [-0.1, -0.05) is 59.7 Å². The van der Waals surface area contributed by atoms with Crippen LogP contribution in [0.4, 0.5) is 0 Å². The average Bonchev–Trinajstić information content (AvgIpc) is 3.34. The third-order valence-electron chi connectivity index (χ3n) is 5.40. The number of amides is 1. The molecule has 4 aromatic rings. The van der Waals surface area contributed by atoms with Gasteiger partial charge in [-0.05, 0) is 31.6 Å². The molecule has 2 heterocycles. The number of aromatic nitrogens is 5. The maximum atomic E-state index is 13.1. The molecule has 2 aromatic carbocycles. The first-order valence-electron chi connectivity index (χ1n) is 10.5. The molecule has 7 nitrogen and oxygen atoms in total. The fourth-order valence-corrected chi connectivity index (χ4v) is 3.61. The van der Waals surface area contributed by atoms with Crippen molar-refractivity contribution >= 4 is 18.1 Å². The Hall–Kier alpha value is -3.52. The van der Waals surface area contributed by atoms with Crippen molar-refractivity contribution < 1.29 is 4.79 Å². The topological polar surface area (TPSA) is 80.5 Å². The van der Waals surface area contributed by atoms with Crippen molar-refractivity contribution in [2.45, 2.75) is 26.8 Å². The Kier molecular flexibility index (Phi) is 6.32. The SMILES string of the molecule is Cc1ccc(Cn2cc(C(=O)NCCc3n[nH]c(=S)n3C)c(-c3ccc(C)cc3)n2)cc1. The van der Waals surface area contributed by atoms with Gasteiger partial charge >= 0.3 is 0 Å². The molecule has 1 amide bonds. The zero-order chi connectivity index (χ0) is 22.7. The van der Waals surface area contributed by atoms with Crippen molar-refractivity contribution in [3.05, 3.63) is 87.6 Å². The number of hydrogen-bond donors (Lipinski definition) is 2. The lowest BCUT2D eigenvalue weighted by Crippen LogP contribution is -2.26. The predicted molar refractivity (Wildman–Crippen MR) is 127 cm³/mol. The molecule has 0 bridgehead atoms. The summed E-state index contributed by atoms with van der Waals surface area (Å²) in [6.45, 7) is 5.14. The summed E-state index contributed by atoms with van der Waals surface area (Å²) < 4.78 is 4.19. The predicted octanol–water partition coefficient (Wildman–Crippen LogP) is 3.98. The summed E-state index contributed by atoms with van der Waals surface area (Å²) in [5.74, 6) is 0.636. The molecule has 164 valence electrons. The molecule has 8 heteroatoms. The molecular weight excluding hydrogens is 420 g/mol. The first-order valence-corrected chi connectivity index (χ1v) is 10.9. The highest BCUT2D eigenvalue weighted by atomic mass is 32.1. The van der Waals surface area contributed by atoms with Gasteiger partial charge in [0.05, 0.1) is 12.1 Å². The van der Waals surface area contributed by atoms with Crippen LogP contribution in [0.25, 0.3) is 11.3 Å². The van der Waals surface area contributed by atoms with Gasteiger partial charge in [-0.3, -0.25) is 14.6 Å². The van der Waals surface area contributed by atoms with Crippen LogP contribution >= 0.6 is 12.2 Å². The standard InChI is InChI=1S/C24H26N6OS/c1-16-4-8-18(9-5-16)14-30-15-20(22(28-30)19-10-6-17(2)7-11-19)23(31)25-13-12-21-26-27-24(32)29(21)3/h4-11,15H,12-14H2,1-3H3,(H,25,31)(H,27,32). The summed E-state index contributed by atoms with van der Waals surface area (Å²) >= 11 is 5.14. The number of H-pyrrole nitrogens is 1. The summed E-state index contributed by atoms with van der Waals surface area (Å²) in [6, 6.07) is 16.4. The highest BCUT2D eigenvalue weighted by Crippen LogP contribution is 2.23. The molecule has 0 saturated heterocycles. The molecule has 0 spiro atoms. The van der Waals surface area contributed by atoms with Gasteiger partial charge < -0.3 is 9.88 Å². The minimum Gasteiger partial charge on any atom is -0.351 e. The summed E-state index contributed by atoms with van der Waals surface area (Å²) in [4.78, 5) is 13.1. The molecule has 4 rings (SSSR count). The molecule has 0 aliphatic heterocycles. The fourth-order valence-electron chi connectivity index (χ4n) is 3.46. The van der Waals surface area contributed by atoms with Crippen LogP contribution in [0.3, 0.4) is 0 Å². The van der Waals surface area contributed by atoms with Crippen LogP contribution in [0, 0.1) is 18.6 Å². The third-order valence-corrected chi connectivity index (χ3v) is 5.77. The molecular formula is C24H26N6OS. The van der Waals surface area contributed by atoms with Crippen LogP contribution in [0.2, 0.25) is 0 Å². The summed E-state index contributed by atoms with van der Waals surface area (Å²) in [7, 11) is 1.85. The smallest absolute Gasteiger partial charge is 0.255 e. The lowest BCUT2D eigenvalue weighted by molar-refractivity contribution is 0.0954. The number of nitrogens with one attached hydrogen (secondary N) is 2. The van der Waals surface area contributed by atoms with E-state index in [2.05, 4.69) is 46.7 Å². The quantitative estimate of drug-likeness (QED) is 0.421. The molecule has 32 heavy (non-hydrogen) atoms. The van der Waals surface area contributed by atoms with E-state index in [0.29, 0.717) is 35.5 Å². The first kappa shape index (κ1) is 21.7. The van der Waals surface area contributed by atoms with Gasteiger partial charge in [0.25, 0.3) is 5.91 Å². The Bertz CT molecular complexity index is 1280. The van der Waals surface area contributed by atoms with E-state index in [1.807, 2.05) is 49.1 Å². The van der Waals surface area contributed by atoms with Crippen molar-refractivity contribution in [1.82, 2.24) is 29.9 Å². The highest BCUT2D eigenvalue weighted by Gasteiger charge is 2.18. The monoisotopic (exact) mass is 446 g/mol. The second-order valence-corrected chi connectivity index (χ2v) is 8.34. The minimum atomic E-state index is -0.160. The molecule has 0 atom stereocenters. The zero-order valence-electron chi connectivity index (χ0n) is 18.4. The molecule has 0 unspecified atom stereocenters. The molecule has 0 fully saturated rings. The zero-order valence-corrected chi connectivity index (χ0v) is 19.2. The van der Waals surface area contributed by atoms with E-state index >= 15 is 0 Å². The molecule has 0 aliphatic carbocycles. The van der Waals surface area contributed by atoms with Gasteiger partial charge in [-0.2, -0.15) is 10.2 Å². The van der Waals surface area contributed by atoms with Crippen LogP contribution < -0.4 is 5.32 Å². The summed E-state index contributed by atoms with van der Waals surface area (Å²) in [6.07, 6.45) is 2.40. The van der Waals surface area contributed by atoms with Crippen LogP contribution in [0.5, 0.6) is 0 Å². The Morgan fingerprint density at radius 2 is 1.72 bits per heavy atom. The maximum Gasteiger partial charge on any atom is 0.255 e. The molecule has 0 saturated carbocycles. The molecule has 2 N–H and O–H groups in total. The molecule has 2 aromatic heterocycles. The van der Waals surface area contributed by atoms with E-state index in [1.54, 1.807) is 4.57 Å². The Morgan fingerprint density at radius 1 is 1.06 bits per heavy atom. The number of aryl methyl sites for hydroxylation is 2.